The molecule has 4 aliphatic rings. The van der Waals surface area contributed by atoms with Crippen molar-refractivity contribution in [1.82, 2.24) is 0 Å². The van der Waals surface area contributed by atoms with Crippen molar-refractivity contribution in [2.45, 2.75) is 64.9 Å². The lowest BCUT2D eigenvalue weighted by Crippen LogP contribution is -2.47. The number of esters is 1. The van der Waals surface area contributed by atoms with E-state index in [4.69, 9.17) is 4.74 Å². The molecule has 4 aliphatic carbocycles. The van der Waals surface area contributed by atoms with Gasteiger partial charge in [-0.3, -0.25) is 4.79 Å². The number of hydrogen-bond acceptors (Lipinski definition) is 2. The predicted octanol–water partition coefficient (Wildman–Crippen LogP) is 4.66. The molecular weight excluding hydrogens is 272 g/mol. The molecule has 22 heavy (non-hydrogen) atoms. The second-order valence-electron chi connectivity index (χ2n) is 8.18. The summed E-state index contributed by atoms with van der Waals surface area (Å²) in [6.45, 7) is 3.96. The Labute approximate surface area is 134 Å². The van der Waals surface area contributed by atoms with E-state index in [2.05, 4.69) is 25.2 Å². The van der Waals surface area contributed by atoms with Crippen LogP contribution in [0, 0.1) is 29.1 Å². The SMILES string of the molecule is CC(=O)O[C@H]1CC[C@H]2[C@@H]3CC=C4C=CCC[C@@H]4[C@H]3CC[C@]12C. The van der Waals surface area contributed by atoms with Gasteiger partial charge in [-0.15, -0.1) is 0 Å². The maximum atomic E-state index is 11.4. The Kier molecular flexibility index (Phi) is 3.47. The molecule has 2 fully saturated rings. The third-order valence-corrected chi connectivity index (χ3v) is 7.24. The number of ether oxygens (including phenoxy) is 1. The maximum Gasteiger partial charge on any atom is 0.302 e. The van der Waals surface area contributed by atoms with Crippen molar-refractivity contribution in [3.8, 4) is 0 Å². The Morgan fingerprint density at radius 3 is 2.91 bits per heavy atom. The number of rotatable bonds is 1. The molecule has 2 heteroatoms. The van der Waals surface area contributed by atoms with Gasteiger partial charge in [-0.05, 0) is 74.2 Å². The molecule has 0 bridgehead atoms. The second-order valence-corrected chi connectivity index (χ2v) is 8.18. The Balaban J connectivity index is 1.60. The van der Waals surface area contributed by atoms with Gasteiger partial charge in [-0.1, -0.05) is 25.2 Å². The number of carbonyl (C=O) groups excluding carboxylic acids is 1. The van der Waals surface area contributed by atoms with Gasteiger partial charge in [0.15, 0.2) is 0 Å². The highest BCUT2D eigenvalue weighted by molar-refractivity contribution is 5.66. The van der Waals surface area contributed by atoms with E-state index < -0.39 is 0 Å². The largest absolute Gasteiger partial charge is 0.462 e. The lowest BCUT2D eigenvalue weighted by Gasteiger charge is -2.52. The summed E-state index contributed by atoms with van der Waals surface area (Å²) in [5, 5.41) is 0. The monoisotopic (exact) mass is 300 g/mol. The highest BCUT2D eigenvalue weighted by Crippen LogP contribution is 2.61. The lowest BCUT2D eigenvalue weighted by molar-refractivity contribution is -0.155. The highest BCUT2D eigenvalue weighted by Gasteiger charge is 2.56. The highest BCUT2D eigenvalue weighted by atomic mass is 16.5. The van der Waals surface area contributed by atoms with Gasteiger partial charge < -0.3 is 4.74 Å². The van der Waals surface area contributed by atoms with E-state index in [0.717, 1.165) is 30.1 Å². The van der Waals surface area contributed by atoms with Gasteiger partial charge in [-0.25, -0.2) is 0 Å². The summed E-state index contributed by atoms with van der Waals surface area (Å²) in [4.78, 5) is 11.4. The van der Waals surface area contributed by atoms with Gasteiger partial charge in [0.1, 0.15) is 6.10 Å². The molecule has 4 rings (SSSR count). The number of carbonyl (C=O) groups is 1. The minimum absolute atomic E-state index is 0.0998. The minimum Gasteiger partial charge on any atom is -0.462 e. The van der Waals surface area contributed by atoms with E-state index in [0.29, 0.717) is 0 Å². The second kappa shape index (κ2) is 5.25. The van der Waals surface area contributed by atoms with Crippen molar-refractivity contribution in [3.63, 3.8) is 0 Å². The van der Waals surface area contributed by atoms with E-state index in [1.807, 2.05) is 0 Å². The van der Waals surface area contributed by atoms with E-state index in [1.165, 1.54) is 38.5 Å². The molecule has 0 aromatic carbocycles. The van der Waals surface area contributed by atoms with Crippen LogP contribution in [0.5, 0.6) is 0 Å². The molecule has 0 spiro atoms. The van der Waals surface area contributed by atoms with Crippen LogP contribution in [0.4, 0.5) is 0 Å². The molecule has 120 valence electrons. The summed E-state index contributed by atoms with van der Waals surface area (Å²) in [5.74, 6) is 3.15. The van der Waals surface area contributed by atoms with Crippen molar-refractivity contribution >= 4 is 5.97 Å². The summed E-state index contributed by atoms with van der Waals surface area (Å²) in [5.41, 5.74) is 1.84. The van der Waals surface area contributed by atoms with E-state index in [9.17, 15) is 4.79 Å². The van der Waals surface area contributed by atoms with Crippen molar-refractivity contribution < 1.29 is 9.53 Å². The zero-order valence-electron chi connectivity index (χ0n) is 13.9. The van der Waals surface area contributed by atoms with Gasteiger partial charge >= 0.3 is 5.97 Å². The van der Waals surface area contributed by atoms with E-state index >= 15 is 0 Å². The maximum absolute atomic E-state index is 11.4. The number of allylic oxidation sites excluding steroid dienone is 4. The van der Waals surface area contributed by atoms with Crippen LogP contribution in [0.3, 0.4) is 0 Å². The zero-order valence-corrected chi connectivity index (χ0v) is 13.9. The Morgan fingerprint density at radius 2 is 2.09 bits per heavy atom. The van der Waals surface area contributed by atoms with Gasteiger partial charge in [-0.2, -0.15) is 0 Å². The van der Waals surface area contributed by atoms with Crippen LogP contribution in [-0.4, -0.2) is 12.1 Å². The fourth-order valence-electron chi connectivity index (χ4n) is 6.24. The summed E-state index contributed by atoms with van der Waals surface area (Å²) in [7, 11) is 0. The topological polar surface area (TPSA) is 26.3 Å². The standard InChI is InChI=1S/C20H28O2/c1-13(21)22-19-10-9-18-17-8-7-14-5-3-4-6-15(14)16(17)11-12-20(18,19)2/h3,5,7,15-19H,4,6,8-12H2,1-2H3/t15-,16+,17+,18-,19-,20-/m0/s1. The van der Waals surface area contributed by atoms with Crippen LogP contribution >= 0.6 is 0 Å². The van der Waals surface area contributed by atoms with Crippen molar-refractivity contribution in [1.29, 1.82) is 0 Å². The summed E-state index contributed by atoms with van der Waals surface area (Å²) in [6.07, 6.45) is 16.1. The van der Waals surface area contributed by atoms with Crippen LogP contribution < -0.4 is 0 Å². The molecule has 0 radical (unpaired) electrons. The van der Waals surface area contributed by atoms with Crippen LogP contribution in [0.1, 0.15) is 58.8 Å². The zero-order chi connectivity index (χ0) is 15.3. The first-order valence-electron chi connectivity index (χ1n) is 9.13. The fraction of sp³-hybridized carbons (Fsp3) is 0.750. The first-order chi connectivity index (χ1) is 10.6. The summed E-state index contributed by atoms with van der Waals surface area (Å²) < 4.78 is 5.70. The third-order valence-electron chi connectivity index (χ3n) is 7.24. The molecular formula is C20H28O2. The molecule has 0 unspecified atom stereocenters. The lowest BCUT2D eigenvalue weighted by atomic mass is 9.53. The van der Waals surface area contributed by atoms with Gasteiger partial charge in [0, 0.05) is 12.3 Å². The first kappa shape index (κ1) is 14.5. The van der Waals surface area contributed by atoms with Gasteiger partial charge in [0.2, 0.25) is 0 Å². The van der Waals surface area contributed by atoms with Gasteiger partial charge in [0.25, 0.3) is 0 Å². The van der Waals surface area contributed by atoms with Crippen molar-refractivity contribution in [3.05, 3.63) is 23.8 Å². The molecule has 0 aliphatic heterocycles. The summed E-state index contributed by atoms with van der Waals surface area (Å²) >= 11 is 0. The average Bonchev–Trinajstić information content (AvgIpc) is 2.83. The average molecular weight is 300 g/mol. The Hall–Kier alpha value is -1.05. The van der Waals surface area contributed by atoms with E-state index in [-0.39, 0.29) is 17.5 Å². The number of hydrogen-bond donors (Lipinski definition) is 0. The van der Waals surface area contributed by atoms with Gasteiger partial charge in [0.05, 0.1) is 0 Å². The summed E-state index contributed by atoms with van der Waals surface area (Å²) in [6, 6.07) is 0. The Morgan fingerprint density at radius 1 is 1.23 bits per heavy atom. The van der Waals surface area contributed by atoms with Crippen LogP contribution in [0.25, 0.3) is 0 Å². The number of fused-ring (bicyclic) bond motifs is 5. The molecule has 0 N–H and O–H groups in total. The smallest absolute Gasteiger partial charge is 0.302 e. The van der Waals surface area contributed by atoms with Crippen LogP contribution in [0.2, 0.25) is 0 Å². The quantitative estimate of drug-likeness (QED) is 0.658. The third kappa shape index (κ3) is 2.10. The van der Waals surface area contributed by atoms with Crippen molar-refractivity contribution in [2.24, 2.45) is 29.1 Å². The molecule has 0 aromatic heterocycles. The van der Waals surface area contributed by atoms with Crippen molar-refractivity contribution in [2.75, 3.05) is 0 Å². The molecule has 2 saturated carbocycles. The van der Waals surface area contributed by atoms with Crippen LogP contribution in [0.15, 0.2) is 23.8 Å². The Bertz CT molecular complexity index is 532. The molecule has 6 atom stereocenters. The predicted molar refractivity (Wildman–Crippen MR) is 87.2 cm³/mol. The fourth-order valence-corrected chi connectivity index (χ4v) is 6.24. The minimum atomic E-state index is -0.0998. The first-order valence-corrected chi connectivity index (χ1v) is 9.13. The molecule has 0 saturated heterocycles. The van der Waals surface area contributed by atoms with E-state index in [1.54, 1.807) is 12.5 Å². The normalized spacial score (nSPS) is 46.3. The molecule has 0 heterocycles. The molecule has 2 nitrogen and oxygen atoms in total. The van der Waals surface area contributed by atoms with Crippen LogP contribution in [-0.2, 0) is 9.53 Å². The molecule has 0 aromatic rings. The molecule has 0 amide bonds.